The van der Waals surface area contributed by atoms with E-state index in [0.29, 0.717) is 0 Å². The van der Waals surface area contributed by atoms with E-state index in [9.17, 15) is 9.59 Å². The zero-order chi connectivity index (χ0) is 14.4. The molecule has 5 nitrogen and oxygen atoms in total. The van der Waals surface area contributed by atoms with Crippen molar-refractivity contribution >= 4 is 11.8 Å². The summed E-state index contributed by atoms with van der Waals surface area (Å²) in [4.78, 5) is 25.7. The van der Waals surface area contributed by atoms with E-state index in [0.717, 1.165) is 17.1 Å². The van der Waals surface area contributed by atoms with Gasteiger partial charge in [0.25, 0.3) is 0 Å². The third kappa shape index (κ3) is 2.37. The molecule has 1 aromatic rings. The number of hydrogen-bond donors (Lipinski definition) is 1. The van der Waals surface area contributed by atoms with Crippen LogP contribution in [-0.2, 0) is 9.59 Å². The molecule has 2 rings (SSSR count). The van der Waals surface area contributed by atoms with Crippen LogP contribution in [0.2, 0.25) is 0 Å². The Bertz CT molecular complexity index is 531. The molecule has 0 aliphatic carbocycles. The van der Waals surface area contributed by atoms with Gasteiger partial charge in [-0.1, -0.05) is 0 Å². The number of aryl methyl sites for hydroxylation is 2. The summed E-state index contributed by atoms with van der Waals surface area (Å²) in [5.41, 5.74) is 0.104. The predicted molar refractivity (Wildman–Crippen MR) is 70.5 cm³/mol. The van der Waals surface area contributed by atoms with Crippen molar-refractivity contribution in [2.75, 3.05) is 6.54 Å². The Morgan fingerprint density at radius 2 is 2.00 bits per heavy atom. The van der Waals surface area contributed by atoms with E-state index in [-0.39, 0.29) is 24.4 Å². The van der Waals surface area contributed by atoms with Crippen molar-refractivity contribution in [2.45, 2.75) is 46.2 Å². The monoisotopic (exact) mass is 264 g/mol. The number of nitrogens with zero attached hydrogens (tertiary/aromatic N) is 1. The van der Waals surface area contributed by atoms with Gasteiger partial charge in [-0.25, -0.2) is 0 Å². The second-order valence-corrected chi connectivity index (χ2v) is 5.65. The number of amides is 2. The van der Waals surface area contributed by atoms with E-state index in [1.54, 1.807) is 18.7 Å². The minimum Gasteiger partial charge on any atom is -0.466 e. The summed E-state index contributed by atoms with van der Waals surface area (Å²) in [6, 6.07) is 1.75. The van der Waals surface area contributed by atoms with Gasteiger partial charge in [0.05, 0.1) is 6.04 Å². The SMILES string of the molecule is Cc1cc(C(C)N2CC(=O)NC(C)(C)C2=O)c(C)o1. The third-order valence-corrected chi connectivity index (χ3v) is 3.56. The van der Waals surface area contributed by atoms with Gasteiger partial charge in [0.15, 0.2) is 0 Å². The Morgan fingerprint density at radius 1 is 1.37 bits per heavy atom. The molecule has 2 amide bonds. The molecule has 1 unspecified atom stereocenters. The van der Waals surface area contributed by atoms with Crippen LogP contribution in [0.4, 0.5) is 0 Å². The number of carbonyl (C=O) groups is 2. The first-order valence-electron chi connectivity index (χ1n) is 6.41. The fourth-order valence-corrected chi connectivity index (χ4v) is 2.57. The lowest BCUT2D eigenvalue weighted by atomic mass is 9.97. The van der Waals surface area contributed by atoms with Crippen LogP contribution in [0.15, 0.2) is 10.5 Å². The van der Waals surface area contributed by atoms with E-state index in [1.165, 1.54) is 0 Å². The molecule has 1 saturated heterocycles. The fourth-order valence-electron chi connectivity index (χ4n) is 2.57. The summed E-state index contributed by atoms with van der Waals surface area (Å²) in [5.74, 6) is 1.40. The summed E-state index contributed by atoms with van der Waals surface area (Å²) >= 11 is 0. The Labute approximate surface area is 113 Å². The lowest BCUT2D eigenvalue weighted by Gasteiger charge is -2.40. The maximum absolute atomic E-state index is 12.4. The highest BCUT2D eigenvalue weighted by molar-refractivity contribution is 5.97. The molecular formula is C14H20N2O3. The highest BCUT2D eigenvalue weighted by Gasteiger charge is 2.41. The molecule has 0 aromatic carbocycles. The first kappa shape index (κ1) is 13.6. The summed E-state index contributed by atoms with van der Waals surface area (Å²) in [6.07, 6.45) is 0. The number of piperazine rings is 1. The van der Waals surface area contributed by atoms with Gasteiger partial charge in [0, 0.05) is 5.56 Å². The normalized spacial score (nSPS) is 20.4. The van der Waals surface area contributed by atoms with Gasteiger partial charge in [-0.05, 0) is 40.7 Å². The minimum absolute atomic E-state index is 0.0714. The Hall–Kier alpha value is -1.78. The van der Waals surface area contributed by atoms with E-state index in [2.05, 4.69) is 5.32 Å². The fraction of sp³-hybridized carbons (Fsp3) is 0.571. The zero-order valence-corrected chi connectivity index (χ0v) is 12.0. The molecule has 0 radical (unpaired) electrons. The van der Waals surface area contributed by atoms with Crippen LogP contribution < -0.4 is 5.32 Å². The van der Waals surface area contributed by atoms with Crippen molar-refractivity contribution in [1.29, 1.82) is 0 Å². The molecule has 1 N–H and O–H groups in total. The van der Waals surface area contributed by atoms with Gasteiger partial charge < -0.3 is 14.6 Å². The molecule has 19 heavy (non-hydrogen) atoms. The highest BCUT2D eigenvalue weighted by Crippen LogP contribution is 2.29. The van der Waals surface area contributed by atoms with Crippen LogP contribution in [0.5, 0.6) is 0 Å². The molecule has 0 bridgehead atoms. The summed E-state index contributed by atoms with van der Waals surface area (Å²) < 4.78 is 5.50. The number of nitrogens with one attached hydrogen (secondary N) is 1. The van der Waals surface area contributed by atoms with Crippen LogP contribution in [0.1, 0.15) is 43.9 Å². The van der Waals surface area contributed by atoms with E-state index >= 15 is 0 Å². The van der Waals surface area contributed by atoms with Crippen molar-refractivity contribution in [2.24, 2.45) is 0 Å². The molecular weight excluding hydrogens is 244 g/mol. The van der Waals surface area contributed by atoms with Crippen LogP contribution in [-0.4, -0.2) is 28.8 Å². The summed E-state index contributed by atoms with van der Waals surface area (Å²) in [5, 5.41) is 2.71. The van der Waals surface area contributed by atoms with Crippen molar-refractivity contribution in [3.8, 4) is 0 Å². The Balaban J connectivity index is 2.32. The topological polar surface area (TPSA) is 62.6 Å². The summed E-state index contributed by atoms with van der Waals surface area (Å²) in [6.45, 7) is 9.20. The van der Waals surface area contributed by atoms with Gasteiger partial charge in [0.1, 0.15) is 23.6 Å². The largest absolute Gasteiger partial charge is 0.466 e. The molecule has 104 valence electrons. The highest BCUT2D eigenvalue weighted by atomic mass is 16.3. The first-order chi connectivity index (χ1) is 8.72. The van der Waals surface area contributed by atoms with Gasteiger partial charge in [-0.3, -0.25) is 9.59 Å². The quantitative estimate of drug-likeness (QED) is 0.884. The number of hydrogen-bond acceptors (Lipinski definition) is 3. The standard InChI is InChI=1S/C14H20N2O3/c1-8-6-11(10(3)19-8)9(2)16-7-12(17)15-14(4,5)13(16)18/h6,9H,7H2,1-5H3,(H,15,17). The average Bonchev–Trinajstić information content (AvgIpc) is 2.61. The minimum atomic E-state index is -0.851. The molecule has 0 spiro atoms. The molecule has 1 fully saturated rings. The molecule has 5 heteroatoms. The maximum atomic E-state index is 12.4. The first-order valence-corrected chi connectivity index (χ1v) is 6.41. The lowest BCUT2D eigenvalue weighted by Crippen LogP contribution is -2.64. The number of rotatable bonds is 2. The van der Waals surface area contributed by atoms with Crippen molar-refractivity contribution < 1.29 is 14.0 Å². The van der Waals surface area contributed by atoms with Crippen LogP contribution in [0, 0.1) is 13.8 Å². The number of carbonyl (C=O) groups excluding carboxylic acids is 2. The van der Waals surface area contributed by atoms with Crippen LogP contribution in [0.25, 0.3) is 0 Å². The molecule has 1 atom stereocenters. The van der Waals surface area contributed by atoms with Gasteiger partial charge >= 0.3 is 0 Å². The lowest BCUT2D eigenvalue weighted by molar-refractivity contribution is -0.150. The second-order valence-electron chi connectivity index (χ2n) is 5.65. The van der Waals surface area contributed by atoms with Crippen LogP contribution in [0.3, 0.4) is 0 Å². The van der Waals surface area contributed by atoms with Gasteiger partial charge in [-0.2, -0.15) is 0 Å². The Morgan fingerprint density at radius 3 is 2.53 bits per heavy atom. The molecule has 1 aliphatic rings. The van der Waals surface area contributed by atoms with E-state index < -0.39 is 5.54 Å². The van der Waals surface area contributed by atoms with Gasteiger partial charge in [0.2, 0.25) is 11.8 Å². The second kappa shape index (κ2) is 4.40. The number of furan rings is 1. The zero-order valence-electron chi connectivity index (χ0n) is 12.0. The average molecular weight is 264 g/mol. The molecule has 0 saturated carbocycles. The maximum Gasteiger partial charge on any atom is 0.248 e. The molecule has 1 aliphatic heterocycles. The smallest absolute Gasteiger partial charge is 0.248 e. The molecule has 2 heterocycles. The third-order valence-electron chi connectivity index (χ3n) is 3.56. The van der Waals surface area contributed by atoms with Crippen molar-refractivity contribution in [3.05, 3.63) is 23.2 Å². The van der Waals surface area contributed by atoms with E-state index in [1.807, 2.05) is 26.8 Å². The predicted octanol–water partition coefficient (Wildman–Crippen LogP) is 1.69. The molecule has 1 aromatic heterocycles. The van der Waals surface area contributed by atoms with Crippen molar-refractivity contribution in [1.82, 2.24) is 10.2 Å². The summed E-state index contributed by atoms with van der Waals surface area (Å²) in [7, 11) is 0. The van der Waals surface area contributed by atoms with Gasteiger partial charge in [-0.15, -0.1) is 0 Å². The van der Waals surface area contributed by atoms with Crippen molar-refractivity contribution in [3.63, 3.8) is 0 Å². The van der Waals surface area contributed by atoms with E-state index in [4.69, 9.17) is 4.42 Å². The Kier molecular flexibility index (Phi) is 3.16. The van der Waals surface area contributed by atoms with Crippen LogP contribution >= 0.6 is 0 Å².